The zero-order valence-electron chi connectivity index (χ0n) is 11.2. The molecule has 0 unspecified atom stereocenters. The molecule has 104 valence electrons. The highest BCUT2D eigenvalue weighted by atomic mass is 16.5. The van der Waals surface area contributed by atoms with E-state index in [2.05, 4.69) is 10.3 Å². The van der Waals surface area contributed by atoms with Gasteiger partial charge in [0, 0.05) is 23.7 Å². The maximum absolute atomic E-state index is 11.9. The third-order valence-electron chi connectivity index (χ3n) is 2.52. The first kappa shape index (κ1) is 15.0. The van der Waals surface area contributed by atoms with Crippen molar-refractivity contribution in [2.45, 2.75) is 20.8 Å². The number of ether oxygens (including phenoxy) is 1. The van der Waals surface area contributed by atoms with Gasteiger partial charge in [0.2, 0.25) is 0 Å². The van der Waals surface area contributed by atoms with Crippen molar-refractivity contribution in [3.8, 4) is 0 Å². The van der Waals surface area contributed by atoms with Gasteiger partial charge >= 0.3 is 5.97 Å². The number of dihydropyridines is 1. The Hall–Kier alpha value is -2.08. The van der Waals surface area contributed by atoms with E-state index in [1.807, 2.05) is 0 Å². The van der Waals surface area contributed by atoms with Crippen LogP contribution in [0.3, 0.4) is 0 Å². The molecule has 1 aliphatic heterocycles. The maximum atomic E-state index is 11.9. The Morgan fingerprint density at radius 2 is 2.32 bits per heavy atom. The number of aliphatic hydroxyl groups is 1. The Morgan fingerprint density at radius 1 is 1.63 bits per heavy atom. The van der Waals surface area contributed by atoms with Crippen LogP contribution in [0.25, 0.3) is 0 Å². The van der Waals surface area contributed by atoms with E-state index in [0.717, 1.165) is 0 Å². The lowest BCUT2D eigenvalue weighted by Crippen LogP contribution is -2.23. The molecule has 0 saturated carbocycles. The van der Waals surface area contributed by atoms with Crippen molar-refractivity contribution in [3.05, 3.63) is 35.0 Å². The molecule has 0 bridgehead atoms. The quantitative estimate of drug-likeness (QED) is 0.549. The number of nitrogens with zero attached hydrogens (tertiary/aromatic N) is 1. The minimum absolute atomic E-state index is 0.149. The number of carbonyl (C=O) groups is 1. The first-order valence-electron chi connectivity index (χ1n) is 5.88. The molecule has 0 atom stereocenters. The number of carbonyl (C=O) groups excluding carboxylic acids is 1. The van der Waals surface area contributed by atoms with Crippen molar-refractivity contribution in [3.63, 3.8) is 0 Å². The molecule has 1 aliphatic rings. The fraction of sp³-hybridized carbons (Fsp3) is 0.385. The average Bonchev–Trinajstić information content (AvgIpc) is 2.40. The van der Waals surface area contributed by atoms with E-state index in [1.165, 1.54) is 19.3 Å². The van der Waals surface area contributed by atoms with Gasteiger partial charge in [-0.1, -0.05) is 5.76 Å². The van der Waals surface area contributed by atoms with Gasteiger partial charge in [-0.3, -0.25) is 4.99 Å². The van der Waals surface area contributed by atoms with Gasteiger partial charge in [-0.25, -0.2) is 4.79 Å². The second-order valence-corrected chi connectivity index (χ2v) is 3.90. The normalized spacial score (nSPS) is 18.2. The van der Waals surface area contributed by atoms with Gasteiger partial charge < -0.3 is 20.3 Å². The summed E-state index contributed by atoms with van der Waals surface area (Å²) in [6.45, 7) is 4.80. The van der Waals surface area contributed by atoms with Crippen molar-refractivity contribution in [2.75, 3.05) is 13.2 Å². The van der Waals surface area contributed by atoms with Crippen LogP contribution in [0.15, 0.2) is 40.0 Å². The topological polar surface area (TPSA) is 94.0 Å². The molecular formula is C13H17N2O4-. The van der Waals surface area contributed by atoms with Crippen LogP contribution < -0.4 is 10.4 Å². The molecule has 0 aromatic rings. The van der Waals surface area contributed by atoms with Gasteiger partial charge in [-0.15, -0.1) is 0 Å². The zero-order valence-corrected chi connectivity index (χ0v) is 11.2. The summed E-state index contributed by atoms with van der Waals surface area (Å²) < 4.78 is 4.78. The van der Waals surface area contributed by atoms with Crippen LogP contribution in [0, 0.1) is 0 Å². The summed E-state index contributed by atoms with van der Waals surface area (Å²) in [5.74, 6) is -0.789. The summed E-state index contributed by atoms with van der Waals surface area (Å²) in [6.07, 6.45) is 2.82. The highest BCUT2D eigenvalue weighted by Crippen LogP contribution is 2.21. The molecule has 1 rings (SSSR count). The zero-order chi connectivity index (χ0) is 14.4. The van der Waals surface area contributed by atoms with Crippen molar-refractivity contribution < 1.29 is 19.7 Å². The van der Waals surface area contributed by atoms with Crippen LogP contribution in [-0.2, 0) is 9.53 Å². The van der Waals surface area contributed by atoms with E-state index in [9.17, 15) is 15.0 Å². The summed E-state index contributed by atoms with van der Waals surface area (Å²) in [5.41, 5.74) is 1.28. The van der Waals surface area contributed by atoms with E-state index in [1.54, 1.807) is 13.8 Å². The van der Waals surface area contributed by atoms with Gasteiger partial charge in [0.25, 0.3) is 0 Å². The minimum Gasteiger partial charge on any atom is -0.871 e. The SMILES string of the molecule is CCOC(=O)C(C)=N/C=C1\C(CO)=CNC(C)=C1[O-]. The van der Waals surface area contributed by atoms with E-state index in [-0.39, 0.29) is 30.3 Å². The van der Waals surface area contributed by atoms with Crippen LogP contribution in [0.2, 0.25) is 0 Å². The highest BCUT2D eigenvalue weighted by Gasteiger charge is 2.11. The smallest absolute Gasteiger partial charge is 0.352 e. The first-order chi connectivity index (χ1) is 9.01. The van der Waals surface area contributed by atoms with Gasteiger partial charge in [0.15, 0.2) is 0 Å². The van der Waals surface area contributed by atoms with Crippen molar-refractivity contribution in [1.29, 1.82) is 0 Å². The lowest BCUT2D eigenvalue weighted by molar-refractivity contribution is -0.299. The molecule has 0 aromatic carbocycles. The molecule has 0 aliphatic carbocycles. The highest BCUT2D eigenvalue weighted by molar-refractivity contribution is 6.35. The molecule has 0 amide bonds. The number of hydrogen-bond donors (Lipinski definition) is 2. The van der Waals surface area contributed by atoms with E-state index >= 15 is 0 Å². The molecule has 0 radical (unpaired) electrons. The van der Waals surface area contributed by atoms with Gasteiger partial charge in [-0.05, 0) is 26.3 Å². The second-order valence-electron chi connectivity index (χ2n) is 3.90. The first-order valence-corrected chi connectivity index (χ1v) is 5.88. The Morgan fingerprint density at radius 3 is 2.89 bits per heavy atom. The summed E-state index contributed by atoms with van der Waals surface area (Å²) in [5, 5.41) is 23.8. The molecule has 6 nitrogen and oxygen atoms in total. The standard InChI is InChI=1S/C13H18N2O4/c1-4-19-13(18)9(3)15-6-11-10(7-16)5-14-8(2)12(11)17/h5-6,14,16-17H,4,7H2,1-3H3/p-1/b11-6+,15-9?. The predicted octanol–water partition coefficient (Wildman–Crippen LogP) is -0.0345. The average molecular weight is 265 g/mol. The van der Waals surface area contributed by atoms with Gasteiger partial charge in [0.05, 0.1) is 13.2 Å². The van der Waals surface area contributed by atoms with Crippen LogP contribution in [0.5, 0.6) is 0 Å². The molecule has 0 fully saturated rings. The Balaban J connectivity index is 3.01. The number of allylic oxidation sites excluding steroid dienone is 2. The lowest BCUT2D eigenvalue weighted by Gasteiger charge is -2.25. The number of nitrogens with one attached hydrogen (secondary N) is 1. The van der Waals surface area contributed by atoms with E-state index in [4.69, 9.17) is 4.74 Å². The van der Waals surface area contributed by atoms with Crippen LogP contribution in [-0.4, -0.2) is 30.0 Å². The van der Waals surface area contributed by atoms with Crippen LogP contribution in [0.4, 0.5) is 0 Å². The molecule has 0 saturated heterocycles. The van der Waals surface area contributed by atoms with Gasteiger partial charge in [0.1, 0.15) is 5.71 Å². The monoisotopic (exact) mass is 265 g/mol. The summed E-state index contributed by atoms with van der Waals surface area (Å²) in [7, 11) is 0. The fourth-order valence-corrected chi connectivity index (χ4v) is 1.41. The van der Waals surface area contributed by atoms with Crippen LogP contribution >= 0.6 is 0 Å². The Labute approximate surface area is 111 Å². The van der Waals surface area contributed by atoms with Crippen molar-refractivity contribution >= 4 is 11.7 Å². The molecule has 2 N–H and O–H groups in total. The Kier molecular flexibility index (Phi) is 5.32. The number of aliphatic hydroxyl groups excluding tert-OH is 1. The summed E-state index contributed by atoms with van der Waals surface area (Å²) >= 11 is 0. The van der Waals surface area contributed by atoms with E-state index in [0.29, 0.717) is 11.3 Å². The molecular weight excluding hydrogens is 248 g/mol. The predicted molar refractivity (Wildman–Crippen MR) is 68.8 cm³/mol. The van der Waals surface area contributed by atoms with Crippen molar-refractivity contribution in [1.82, 2.24) is 5.32 Å². The molecule has 0 aromatic heterocycles. The molecule has 0 spiro atoms. The third-order valence-corrected chi connectivity index (χ3v) is 2.52. The number of hydrogen-bond acceptors (Lipinski definition) is 6. The minimum atomic E-state index is -0.532. The maximum Gasteiger partial charge on any atom is 0.352 e. The third kappa shape index (κ3) is 3.69. The lowest BCUT2D eigenvalue weighted by atomic mass is 10.0. The number of rotatable bonds is 4. The number of aliphatic imine (C=N–C) groups is 1. The molecule has 19 heavy (non-hydrogen) atoms. The van der Waals surface area contributed by atoms with Gasteiger partial charge in [-0.2, -0.15) is 0 Å². The number of esters is 1. The second kappa shape index (κ2) is 6.75. The fourth-order valence-electron chi connectivity index (χ4n) is 1.41. The van der Waals surface area contributed by atoms with Crippen molar-refractivity contribution in [2.24, 2.45) is 4.99 Å². The summed E-state index contributed by atoms with van der Waals surface area (Å²) in [4.78, 5) is 15.3. The van der Waals surface area contributed by atoms with Crippen LogP contribution in [0.1, 0.15) is 20.8 Å². The van der Waals surface area contributed by atoms with E-state index < -0.39 is 5.97 Å². The Bertz CT molecular complexity index is 487. The molecule has 1 heterocycles. The largest absolute Gasteiger partial charge is 0.871 e. The summed E-state index contributed by atoms with van der Waals surface area (Å²) in [6, 6.07) is 0. The molecule has 6 heteroatoms.